The van der Waals surface area contributed by atoms with Crippen molar-refractivity contribution in [2.24, 2.45) is 0 Å². The van der Waals surface area contributed by atoms with E-state index in [0.717, 1.165) is 11.1 Å². The van der Waals surface area contributed by atoms with Gasteiger partial charge in [-0.05, 0) is 11.1 Å². The lowest BCUT2D eigenvalue weighted by atomic mass is 10.1. The molecule has 6 nitrogen and oxygen atoms in total. The third-order valence-electron chi connectivity index (χ3n) is 2.20. The highest BCUT2D eigenvalue weighted by molar-refractivity contribution is 5.69. The molecule has 98 valence electrons. The van der Waals surface area contributed by atoms with Crippen molar-refractivity contribution in [1.82, 2.24) is 10.6 Å². The SMILES string of the molecule is O=C(O)CNCc1cccc(CNCC(=O)O)c1. The van der Waals surface area contributed by atoms with Crippen LogP contribution in [0.15, 0.2) is 24.3 Å². The molecule has 0 saturated carbocycles. The average Bonchev–Trinajstić information content (AvgIpc) is 2.28. The summed E-state index contributed by atoms with van der Waals surface area (Å²) >= 11 is 0. The largest absolute Gasteiger partial charge is 0.480 e. The van der Waals surface area contributed by atoms with Crippen LogP contribution >= 0.6 is 0 Å². The number of hydrogen-bond donors (Lipinski definition) is 4. The van der Waals surface area contributed by atoms with Gasteiger partial charge in [-0.25, -0.2) is 0 Å². The molecule has 4 N–H and O–H groups in total. The van der Waals surface area contributed by atoms with Gasteiger partial charge < -0.3 is 20.8 Å². The number of nitrogens with one attached hydrogen (secondary N) is 2. The molecular formula is C12H16N2O4. The second-order valence-corrected chi connectivity index (χ2v) is 3.81. The molecule has 1 aromatic rings. The Bertz CT molecular complexity index is 385. The predicted octanol–water partition coefficient (Wildman–Crippen LogP) is 0.0350. The van der Waals surface area contributed by atoms with Gasteiger partial charge in [-0.15, -0.1) is 0 Å². The predicted molar refractivity (Wildman–Crippen MR) is 65.1 cm³/mol. The molecule has 0 aliphatic rings. The van der Waals surface area contributed by atoms with Gasteiger partial charge in [0.2, 0.25) is 0 Å². The molecule has 1 rings (SSSR count). The smallest absolute Gasteiger partial charge is 0.317 e. The van der Waals surface area contributed by atoms with Crippen LogP contribution in [0.2, 0.25) is 0 Å². The quantitative estimate of drug-likeness (QED) is 0.521. The van der Waals surface area contributed by atoms with Gasteiger partial charge in [0.05, 0.1) is 13.1 Å². The second kappa shape index (κ2) is 7.41. The third-order valence-corrected chi connectivity index (χ3v) is 2.20. The average molecular weight is 252 g/mol. The standard InChI is InChI=1S/C12H16N2O4/c15-11(16)7-13-5-9-2-1-3-10(4-9)6-14-8-12(17)18/h1-4,13-14H,5-8H2,(H,15,16)(H,17,18). The zero-order valence-corrected chi connectivity index (χ0v) is 9.85. The molecule has 0 radical (unpaired) electrons. The van der Waals surface area contributed by atoms with E-state index >= 15 is 0 Å². The maximum absolute atomic E-state index is 10.3. The van der Waals surface area contributed by atoms with Crippen molar-refractivity contribution in [3.05, 3.63) is 35.4 Å². The number of rotatable bonds is 8. The number of carboxylic acid groups (broad SMARTS) is 2. The Morgan fingerprint density at radius 1 is 0.944 bits per heavy atom. The Labute approximate surface area is 105 Å². The summed E-state index contributed by atoms with van der Waals surface area (Å²) in [4.78, 5) is 20.7. The van der Waals surface area contributed by atoms with Gasteiger partial charge in [0, 0.05) is 13.1 Å². The second-order valence-electron chi connectivity index (χ2n) is 3.81. The van der Waals surface area contributed by atoms with E-state index in [2.05, 4.69) is 10.6 Å². The van der Waals surface area contributed by atoms with Gasteiger partial charge in [0.25, 0.3) is 0 Å². The summed E-state index contributed by atoms with van der Waals surface area (Å²) in [5, 5.41) is 22.5. The molecule has 0 heterocycles. The van der Waals surface area contributed by atoms with E-state index in [1.54, 1.807) is 0 Å². The normalized spacial score (nSPS) is 10.2. The molecule has 0 aromatic heterocycles. The maximum Gasteiger partial charge on any atom is 0.317 e. The summed E-state index contributed by atoms with van der Waals surface area (Å²) in [5.41, 5.74) is 1.93. The zero-order valence-electron chi connectivity index (χ0n) is 9.85. The van der Waals surface area contributed by atoms with Crippen LogP contribution in [-0.2, 0) is 22.7 Å². The number of aliphatic carboxylic acids is 2. The van der Waals surface area contributed by atoms with E-state index in [0.29, 0.717) is 13.1 Å². The lowest BCUT2D eigenvalue weighted by molar-refractivity contribution is -0.137. The van der Waals surface area contributed by atoms with E-state index in [9.17, 15) is 9.59 Å². The Hall–Kier alpha value is -1.92. The highest BCUT2D eigenvalue weighted by atomic mass is 16.4. The summed E-state index contributed by atoms with van der Waals surface area (Å²) in [6, 6.07) is 7.53. The van der Waals surface area contributed by atoms with E-state index < -0.39 is 11.9 Å². The zero-order chi connectivity index (χ0) is 13.4. The molecular weight excluding hydrogens is 236 g/mol. The van der Waals surface area contributed by atoms with Crippen LogP contribution in [0.4, 0.5) is 0 Å². The fraction of sp³-hybridized carbons (Fsp3) is 0.333. The van der Waals surface area contributed by atoms with E-state index in [1.807, 2.05) is 24.3 Å². The van der Waals surface area contributed by atoms with E-state index in [1.165, 1.54) is 0 Å². The number of carboxylic acids is 2. The Morgan fingerprint density at radius 3 is 1.78 bits per heavy atom. The van der Waals surface area contributed by atoms with Crippen LogP contribution in [0.3, 0.4) is 0 Å². The summed E-state index contributed by atoms with van der Waals surface area (Å²) in [5.74, 6) is -1.79. The van der Waals surface area contributed by atoms with Crippen LogP contribution in [0.25, 0.3) is 0 Å². The first kappa shape index (κ1) is 14.1. The summed E-state index contributed by atoms with van der Waals surface area (Å²) in [6.07, 6.45) is 0. The maximum atomic E-state index is 10.3. The lowest BCUT2D eigenvalue weighted by Gasteiger charge is -2.06. The van der Waals surface area contributed by atoms with E-state index in [-0.39, 0.29) is 13.1 Å². The van der Waals surface area contributed by atoms with Crippen molar-refractivity contribution in [3.8, 4) is 0 Å². The highest BCUT2D eigenvalue weighted by Crippen LogP contribution is 2.04. The van der Waals surface area contributed by atoms with Crippen molar-refractivity contribution < 1.29 is 19.8 Å². The molecule has 0 aliphatic heterocycles. The minimum Gasteiger partial charge on any atom is -0.480 e. The molecule has 18 heavy (non-hydrogen) atoms. The van der Waals surface area contributed by atoms with Crippen molar-refractivity contribution in [2.75, 3.05) is 13.1 Å². The summed E-state index contributed by atoms with van der Waals surface area (Å²) < 4.78 is 0. The van der Waals surface area contributed by atoms with Gasteiger partial charge in [-0.1, -0.05) is 24.3 Å². The first-order valence-electron chi connectivity index (χ1n) is 5.51. The monoisotopic (exact) mass is 252 g/mol. The van der Waals surface area contributed by atoms with Crippen molar-refractivity contribution in [3.63, 3.8) is 0 Å². The summed E-state index contributed by atoms with van der Waals surface area (Å²) in [6.45, 7) is 0.779. The Kier molecular flexibility index (Phi) is 5.83. The lowest BCUT2D eigenvalue weighted by Crippen LogP contribution is -2.23. The van der Waals surface area contributed by atoms with Crippen LogP contribution in [-0.4, -0.2) is 35.2 Å². The molecule has 0 aliphatic carbocycles. The van der Waals surface area contributed by atoms with Gasteiger partial charge in [-0.2, -0.15) is 0 Å². The first-order valence-corrected chi connectivity index (χ1v) is 5.51. The molecule has 0 amide bonds. The molecule has 0 fully saturated rings. The molecule has 0 saturated heterocycles. The van der Waals surface area contributed by atoms with E-state index in [4.69, 9.17) is 10.2 Å². The molecule has 0 bridgehead atoms. The fourth-order valence-electron chi connectivity index (χ4n) is 1.48. The van der Waals surface area contributed by atoms with Gasteiger partial charge >= 0.3 is 11.9 Å². The van der Waals surface area contributed by atoms with Crippen molar-refractivity contribution >= 4 is 11.9 Å². The molecule has 6 heteroatoms. The minimum absolute atomic E-state index is 0.0819. The highest BCUT2D eigenvalue weighted by Gasteiger charge is 2.00. The number of benzene rings is 1. The molecule has 0 atom stereocenters. The van der Waals surface area contributed by atoms with Gasteiger partial charge in [0.15, 0.2) is 0 Å². The Morgan fingerprint density at radius 2 is 1.39 bits per heavy atom. The molecule has 0 unspecified atom stereocenters. The number of hydrogen-bond acceptors (Lipinski definition) is 4. The third kappa shape index (κ3) is 5.97. The molecule has 0 spiro atoms. The number of carbonyl (C=O) groups is 2. The van der Waals surface area contributed by atoms with Crippen molar-refractivity contribution in [1.29, 1.82) is 0 Å². The van der Waals surface area contributed by atoms with Crippen LogP contribution in [0.1, 0.15) is 11.1 Å². The fourth-order valence-corrected chi connectivity index (χ4v) is 1.48. The van der Waals surface area contributed by atoms with Gasteiger partial charge in [-0.3, -0.25) is 9.59 Å². The van der Waals surface area contributed by atoms with Gasteiger partial charge in [0.1, 0.15) is 0 Å². The van der Waals surface area contributed by atoms with Crippen LogP contribution in [0, 0.1) is 0 Å². The summed E-state index contributed by atoms with van der Waals surface area (Å²) in [7, 11) is 0. The topological polar surface area (TPSA) is 98.7 Å². The molecule has 1 aromatic carbocycles. The first-order chi connectivity index (χ1) is 8.58. The van der Waals surface area contributed by atoms with Crippen LogP contribution < -0.4 is 10.6 Å². The minimum atomic E-state index is -0.894. The van der Waals surface area contributed by atoms with Crippen LogP contribution in [0.5, 0.6) is 0 Å². The Balaban J connectivity index is 2.41. The van der Waals surface area contributed by atoms with Crippen molar-refractivity contribution in [2.45, 2.75) is 13.1 Å².